The van der Waals surface area contributed by atoms with Crippen molar-refractivity contribution < 1.29 is 0 Å². The van der Waals surface area contributed by atoms with Crippen molar-refractivity contribution in [1.29, 1.82) is 0 Å². The Morgan fingerprint density at radius 3 is 1.86 bits per heavy atom. The van der Waals surface area contributed by atoms with Crippen molar-refractivity contribution in [3.8, 4) is 11.1 Å². The molecule has 1 aromatic heterocycles. The third kappa shape index (κ3) is 2.14. The molecule has 0 aliphatic heterocycles. The van der Waals surface area contributed by atoms with E-state index in [9.17, 15) is 0 Å². The molecule has 7 rings (SSSR count). The van der Waals surface area contributed by atoms with Crippen LogP contribution in [0.5, 0.6) is 0 Å². The van der Waals surface area contributed by atoms with Crippen molar-refractivity contribution in [3.05, 3.63) is 97.1 Å². The summed E-state index contributed by atoms with van der Waals surface area (Å²) in [4.78, 5) is 0. The molecule has 6 aromatic carbocycles. The molecule has 0 fully saturated rings. The maximum atomic E-state index is 2.35. The number of thiophene rings is 1. The second kappa shape index (κ2) is 5.56. The predicted molar refractivity (Wildman–Crippen MR) is 128 cm³/mol. The van der Waals surface area contributed by atoms with Gasteiger partial charge in [0.1, 0.15) is 0 Å². The van der Waals surface area contributed by atoms with Crippen LogP contribution in [0.3, 0.4) is 0 Å². The summed E-state index contributed by atoms with van der Waals surface area (Å²) >= 11 is 1.88. The Balaban J connectivity index is 1.52. The number of hydrogen-bond acceptors (Lipinski definition) is 1. The molecule has 0 aliphatic carbocycles. The van der Waals surface area contributed by atoms with E-state index in [2.05, 4.69) is 97.1 Å². The van der Waals surface area contributed by atoms with Gasteiger partial charge in [-0.1, -0.05) is 72.8 Å². The fraction of sp³-hybridized carbons (Fsp3) is 0. The normalized spacial score (nSPS) is 12.1. The molecular weight excluding hydrogens is 368 g/mol. The minimum Gasteiger partial charge on any atom is -0.135 e. The molecule has 0 unspecified atom stereocenters. The smallest absolute Gasteiger partial charge is 0.0361 e. The van der Waals surface area contributed by atoms with Crippen LogP contribution in [-0.2, 0) is 0 Å². The van der Waals surface area contributed by atoms with Gasteiger partial charge < -0.3 is 0 Å². The van der Waals surface area contributed by atoms with Crippen LogP contribution in [0.15, 0.2) is 97.1 Å². The molecule has 0 amide bonds. The standard InChI is InChI=1S/C28H16S/c1-2-7-25-23(6-1)24-13-12-19(16-26(24)29-25)22-14-20-10-8-17-4-3-5-18-9-11-21(15-22)28(20)27(17)18/h1-16H. The lowest BCUT2D eigenvalue weighted by Crippen LogP contribution is -1.85. The molecule has 0 saturated carbocycles. The van der Waals surface area contributed by atoms with Crippen LogP contribution in [0.1, 0.15) is 0 Å². The van der Waals surface area contributed by atoms with Crippen molar-refractivity contribution in [2.45, 2.75) is 0 Å². The molecule has 0 spiro atoms. The third-order valence-corrected chi connectivity index (χ3v) is 7.31. The summed E-state index contributed by atoms with van der Waals surface area (Å²) < 4.78 is 2.71. The predicted octanol–water partition coefficient (Wildman–Crippen LogP) is 8.62. The molecular formula is C28H16S. The highest BCUT2D eigenvalue weighted by molar-refractivity contribution is 7.25. The van der Waals surface area contributed by atoms with Crippen LogP contribution in [-0.4, -0.2) is 0 Å². The topological polar surface area (TPSA) is 0 Å². The number of rotatable bonds is 1. The van der Waals surface area contributed by atoms with E-state index in [-0.39, 0.29) is 0 Å². The minimum absolute atomic E-state index is 1.29. The van der Waals surface area contributed by atoms with Crippen LogP contribution in [0.2, 0.25) is 0 Å². The Morgan fingerprint density at radius 2 is 1.07 bits per heavy atom. The van der Waals surface area contributed by atoms with Gasteiger partial charge in [-0.05, 0) is 67.7 Å². The lowest BCUT2D eigenvalue weighted by Gasteiger charge is -2.12. The van der Waals surface area contributed by atoms with Crippen molar-refractivity contribution in [3.63, 3.8) is 0 Å². The van der Waals surface area contributed by atoms with Crippen molar-refractivity contribution >= 4 is 63.8 Å². The quantitative estimate of drug-likeness (QED) is 0.248. The first kappa shape index (κ1) is 15.5. The fourth-order valence-electron chi connectivity index (χ4n) is 4.83. The monoisotopic (exact) mass is 384 g/mol. The van der Waals surface area contributed by atoms with Gasteiger partial charge in [0.15, 0.2) is 0 Å². The summed E-state index contributed by atoms with van der Waals surface area (Å²) in [6, 6.07) is 35.9. The van der Waals surface area contributed by atoms with Gasteiger partial charge in [-0.3, -0.25) is 0 Å². The second-order valence-corrected chi connectivity index (χ2v) is 8.90. The van der Waals surface area contributed by atoms with Crippen molar-refractivity contribution in [1.82, 2.24) is 0 Å². The first-order valence-electron chi connectivity index (χ1n) is 9.94. The van der Waals surface area contributed by atoms with E-state index in [0.717, 1.165) is 0 Å². The lowest BCUT2D eigenvalue weighted by atomic mass is 9.91. The molecule has 1 heterocycles. The van der Waals surface area contributed by atoms with E-state index in [0.29, 0.717) is 0 Å². The first-order chi connectivity index (χ1) is 14.3. The number of benzene rings is 6. The summed E-state index contributed by atoms with van der Waals surface area (Å²) in [6.07, 6.45) is 0. The van der Waals surface area contributed by atoms with Gasteiger partial charge in [0, 0.05) is 20.2 Å². The van der Waals surface area contributed by atoms with Crippen LogP contribution < -0.4 is 0 Å². The van der Waals surface area contributed by atoms with Crippen LogP contribution in [0, 0.1) is 0 Å². The highest BCUT2D eigenvalue weighted by Gasteiger charge is 2.11. The van der Waals surface area contributed by atoms with E-state index in [1.165, 1.54) is 63.6 Å². The minimum atomic E-state index is 1.29. The van der Waals surface area contributed by atoms with E-state index in [1.54, 1.807) is 0 Å². The van der Waals surface area contributed by atoms with Crippen LogP contribution in [0.4, 0.5) is 0 Å². The number of fused-ring (bicyclic) bond motifs is 3. The van der Waals surface area contributed by atoms with E-state index in [1.807, 2.05) is 11.3 Å². The summed E-state index contributed by atoms with van der Waals surface area (Å²) in [5, 5.41) is 10.7. The molecule has 134 valence electrons. The van der Waals surface area contributed by atoms with E-state index in [4.69, 9.17) is 0 Å². The average molecular weight is 385 g/mol. The van der Waals surface area contributed by atoms with Crippen molar-refractivity contribution in [2.24, 2.45) is 0 Å². The Bertz CT molecular complexity index is 1640. The molecule has 0 atom stereocenters. The second-order valence-electron chi connectivity index (χ2n) is 7.82. The van der Waals surface area contributed by atoms with Gasteiger partial charge >= 0.3 is 0 Å². The maximum Gasteiger partial charge on any atom is 0.0361 e. The van der Waals surface area contributed by atoms with Crippen LogP contribution >= 0.6 is 11.3 Å². The highest BCUT2D eigenvalue weighted by atomic mass is 32.1. The van der Waals surface area contributed by atoms with E-state index < -0.39 is 0 Å². The lowest BCUT2D eigenvalue weighted by molar-refractivity contribution is 1.72. The van der Waals surface area contributed by atoms with Gasteiger partial charge in [0.2, 0.25) is 0 Å². The molecule has 1 heteroatoms. The molecule has 7 aromatic rings. The van der Waals surface area contributed by atoms with Gasteiger partial charge in [-0.25, -0.2) is 0 Å². The molecule has 0 saturated heterocycles. The summed E-state index contributed by atoms with van der Waals surface area (Å²) in [5.41, 5.74) is 2.57. The Labute approximate surface area is 172 Å². The molecule has 0 N–H and O–H groups in total. The number of hydrogen-bond donors (Lipinski definition) is 0. The van der Waals surface area contributed by atoms with Gasteiger partial charge in [-0.2, -0.15) is 0 Å². The summed E-state index contributed by atoms with van der Waals surface area (Å²) in [7, 11) is 0. The Morgan fingerprint density at radius 1 is 0.414 bits per heavy atom. The third-order valence-electron chi connectivity index (χ3n) is 6.18. The molecule has 0 nitrogen and oxygen atoms in total. The SMILES string of the molecule is c1cc2ccc3cc(-c4ccc5c(c4)sc4ccccc45)cc4ccc(c1)c2c34. The van der Waals surface area contributed by atoms with E-state index >= 15 is 0 Å². The summed E-state index contributed by atoms with van der Waals surface area (Å²) in [5.74, 6) is 0. The molecule has 0 bridgehead atoms. The molecule has 29 heavy (non-hydrogen) atoms. The zero-order valence-corrected chi connectivity index (χ0v) is 16.5. The Kier molecular flexibility index (Phi) is 2.97. The largest absolute Gasteiger partial charge is 0.135 e. The highest BCUT2D eigenvalue weighted by Crippen LogP contribution is 2.39. The average Bonchev–Trinajstić information content (AvgIpc) is 3.15. The van der Waals surface area contributed by atoms with Gasteiger partial charge in [-0.15, -0.1) is 11.3 Å². The zero-order chi connectivity index (χ0) is 18.9. The van der Waals surface area contributed by atoms with Crippen LogP contribution in [0.25, 0.3) is 63.6 Å². The molecule has 0 aliphatic rings. The molecule has 0 radical (unpaired) electrons. The zero-order valence-electron chi connectivity index (χ0n) is 15.6. The van der Waals surface area contributed by atoms with Crippen molar-refractivity contribution in [2.75, 3.05) is 0 Å². The maximum absolute atomic E-state index is 2.35. The summed E-state index contributed by atoms with van der Waals surface area (Å²) in [6.45, 7) is 0. The fourth-order valence-corrected chi connectivity index (χ4v) is 5.97. The first-order valence-corrected chi connectivity index (χ1v) is 10.8. The van der Waals surface area contributed by atoms with Gasteiger partial charge in [0.05, 0.1) is 0 Å². The van der Waals surface area contributed by atoms with Gasteiger partial charge in [0.25, 0.3) is 0 Å². The Hall–Kier alpha value is -3.42.